The number of amides is 1. The predicted octanol–water partition coefficient (Wildman–Crippen LogP) is 3.82. The van der Waals surface area contributed by atoms with Gasteiger partial charge in [0.05, 0.1) is 12.9 Å². The summed E-state index contributed by atoms with van der Waals surface area (Å²) in [6.45, 7) is 2.07. The van der Waals surface area contributed by atoms with Gasteiger partial charge in [0, 0.05) is 17.3 Å². The first kappa shape index (κ1) is 17.6. The van der Waals surface area contributed by atoms with E-state index in [1.165, 1.54) is 17.3 Å². The highest BCUT2D eigenvalue weighted by Gasteiger charge is 2.30. The largest absolute Gasteiger partial charge is 0.497 e. The van der Waals surface area contributed by atoms with Crippen LogP contribution in [0.1, 0.15) is 12.5 Å². The van der Waals surface area contributed by atoms with Crippen molar-refractivity contribution in [3.05, 3.63) is 54.1 Å². The molecule has 2 aromatic carbocycles. The number of rotatable bonds is 5. The number of benzene rings is 2. The van der Waals surface area contributed by atoms with Gasteiger partial charge >= 0.3 is 0 Å². The lowest BCUT2D eigenvalue weighted by Gasteiger charge is -2.22. The summed E-state index contributed by atoms with van der Waals surface area (Å²) in [7, 11) is 1.62. The third-order valence-electron chi connectivity index (χ3n) is 4.54. The first-order valence-corrected chi connectivity index (χ1v) is 9.65. The number of ether oxygens (including phenoxy) is 1. The van der Waals surface area contributed by atoms with Gasteiger partial charge in [-0.3, -0.25) is 4.79 Å². The number of hydrogen-bond acceptors (Lipinski definition) is 6. The number of nitrogens with zero attached hydrogens (tertiary/aromatic N) is 3. The van der Waals surface area contributed by atoms with Gasteiger partial charge in [-0.2, -0.15) is 0 Å². The molecule has 0 radical (unpaired) electrons. The van der Waals surface area contributed by atoms with Crippen molar-refractivity contribution in [1.82, 2.24) is 10.2 Å². The third kappa shape index (κ3) is 3.55. The summed E-state index contributed by atoms with van der Waals surface area (Å²) in [4.78, 5) is 14.6. The SMILES string of the molecule is COc1ccc(-c2nnc(SCC(=O)N3c4ccccc4C[C@@H]3C)o2)cc1. The number of thioether (sulfide) groups is 1. The van der Waals surface area contributed by atoms with E-state index in [1.807, 2.05) is 47.4 Å². The molecule has 1 atom stereocenters. The van der Waals surface area contributed by atoms with Gasteiger partial charge in [-0.25, -0.2) is 0 Å². The van der Waals surface area contributed by atoms with E-state index >= 15 is 0 Å². The maximum Gasteiger partial charge on any atom is 0.277 e. The van der Waals surface area contributed by atoms with E-state index < -0.39 is 0 Å². The Labute approximate surface area is 161 Å². The van der Waals surface area contributed by atoms with Crippen molar-refractivity contribution in [2.24, 2.45) is 0 Å². The van der Waals surface area contributed by atoms with Crippen molar-refractivity contribution in [3.63, 3.8) is 0 Å². The molecular formula is C20H19N3O3S. The van der Waals surface area contributed by atoms with Crippen LogP contribution < -0.4 is 9.64 Å². The highest BCUT2D eigenvalue weighted by atomic mass is 32.2. The van der Waals surface area contributed by atoms with Crippen molar-refractivity contribution in [2.45, 2.75) is 24.6 Å². The Kier molecular flexibility index (Phi) is 4.85. The molecule has 0 fully saturated rings. The Morgan fingerprint density at radius 1 is 1.22 bits per heavy atom. The van der Waals surface area contributed by atoms with Crippen molar-refractivity contribution < 1.29 is 13.9 Å². The van der Waals surface area contributed by atoms with Crippen LogP contribution in [0.2, 0.25) is 0 Å². The van der Waals surface area contributed by atoms with Crippen LogP contribution in [0.5, 0.6) is 5.75 Å². The number of para-hydroxylation sites is 1. The molecule has 1 aromatic heterocycles. The standard InChI is InChI=1S/C20H19N3O3S/c1-13-11-15-5-3-4-6-17(15)23(13)18(24)12-27-20-22-21-19(26-20)14-7-9-16(25-2)10-8-14/h3-10,13H,11-12H2,1-2H3/t13-/m0/s1. The zero-order valence-electron chi connectivity index (χ0n) is 15.1. The van der Waals surface area contributed by atoms with E-state index in [-0.39, 0.29) is 17.7 Å². The topological polar surface area (TPSA) is 68.5 Å². The highest BCUT2D eigenvalue weighted by Crippen LogP contribution is 2.33. The molecule has 7 heteroatoms. The maximum absolute atomic E-state index is 12.7. The second kappa shape index (κ2) is 7.44. The van der Waals surface area contributed by atoms with Crippen LogP contribution in [0.3, 0.4) is 0 Å². The van der Waals surface area contributed by atoms with E-state index in [0.29, 0.717) is 11.1 Å². The summed E-state index contributed by atoms with van der Waals surface area (Å²) >= 11 is 1.26. The number of fused-ring (bicyclic) bond motifs is 1. The summed E-state index contributed by atoms with van der Waals surface area (Å²) in [6, 6.07) is 15.6. The molecule has 0 N–H and O–H groups in total. The van der Waals surface area contributed by atoms with Crippen molar-refractivity contribution in [2.75, 3.05) is 17.8 Å². The summed E-state index contributed by atoms with van der Waals surface area (Å²) in [5, 5.41) is 8.49. The molecular weight excluding hydrogens is 362 g/mol. The minimum atomic E-state index is 0.0432. The van der Waals surface area contributed by atoms with Gasteiger partial charge in [0.2, 0.25) is 11.8 Å². The average Bonchev–Trinajstić information content (AvgIpc) is 3.30. The summed E-state index contributed by atoms with van der Waals surface area (Å²) < 4.78 is 10.8. The zero-order chi connectivity index (χ0) is 18.8. The first-order valence-electron chi connectivity index (χ1n) is 8.66. The fourth-order valence-corrected chi connectivity index (χ4v) is 3.88. The summed E-state index contributed by atoms with van der Waals surface area (Å²) in [5.74, 6) is 1.48. The lowest BCUT2D eigenvalue weighted by atomic mass is 10.1. The van der Waals surface area contributed by atoms with Gasteiger partial charge in [0.15, 0.2) is 0 Å². The van der Waals surface area contributed by atoms with Crippen LogP contribution in [-0.2, 0) is 11.2 Å². The molecule has 0 saturated heterocycles. The highest BCUT2D eigenvalue weighted by molar-refractivity contribution is 7.99. The van der Waals surface area contributed by atoms with E-state index in [4.69, 9.17) is 9.15 Å². The number of carbonyl (C=O) groups is 1. The van der Waals surface area contributed by atoms with E-state index in [2.05, 4.69) is 23.2 Å². The zero-order valence-corrected chi connectivity index (χ0v) is 15.9. The second-order valence-electron chi connectivity index (χ2n) is 6.34. The minimum absolute atomic E-state index is 0.0432. The molecule has 0 unspecified atom stereocenters. The Morgan fingerprint density at radius 3 is 2.78 bits per heavy atom. The van der Waals surface area contributed by atoms with Crippen LogP contribution >= 0.6 is 11.8 Å². The number of methoxy groups -OCH3 is 1. The van der Waals surface area contributed by atoms with Crippen LogP contribution in [-0.4, -0.2) is 35.0 Å². The molecule has 4 rings (SSSR count). The molecule has 0 bridgehead atoms. The molecule has 3 aromatic rings. The quantitative estimate of drug-likeness (QED) is 0.626. The van der Waals surface area contributed by atoms with Gasteiger partial charge in [0.25, 0.3) is 5.22 Å². The van der Waals surface area contributed by atoms with Crippen LogP contribution in [0.25, 0.3) is 11.5 Å². The Balaban J connectivity index is 1.42. The first-order chi connectivity index (χ1) is 13.2. The number of aromatic nitrogens is 2. The summed E-state index contributed by atoms with van der Waals surface area (Å²) in [5.41, 5.74) is 3.02. The van der Waals surface area contributed by atoms with E-state index in [1.54, 1.807) is 7.11 Å². The minimum Gasteiger partial charge on any atom is -0.497 e. The third-order valence-corrected chi connectivity index (χ3v) is 5.34. The molecule has 2 heterocycles. The van der Waals surface area contributed by atoms with Crippen LogP contribution in [0, 0.1) is 0 Å². The molecule has 27 heavy (non-hydrogen) atoms. The lowest BCUT2D eigenvalue weighted by molar-refractivity contribution is -0.116. The van der Waals surface area contributed by atoms with Gasteiger partial charge in [-0.1, -0.05) is 30.0 Å². The smallest absolute Gasteiger partial charge is 0.277 e. The molecule has 0 spiro atoms. The molecule has 1 amide bonds. The summed E-state index contributed by atoms with van der Waals surface area (Å²) in [6.07, 6.45) is 0.884. The van der Waals surface area contributed by atoms with Crippen LogP contribution in [0.4, 0.5) is 5.69 Å². The Bertz CT molecular complexity index is 955. The Hall–Kier alpha value is -2.80. The number of hydrogen-bond donors (Lipinski definition) is 0. The predicted molar refractivity (Wildman–Crippen MR) is 104 cm³/mol. The van der Waals surface area contributed by atoms with Gasteiger partial charge < -0.3 is 14.1 Å². The average molecular weight is 381 g/mol. The van der Waals surface area contributed by atoms with Crippen molar-refractivity contribution >= 4 is 23.4 Å². The molecule has 0 saturated carbocycles. The number of carbonyl (C=O) groups excluding carboxylic acids is 1. The van der Waals surface area contributed by atoms with E-state index in [0.717, 1.165) is 23.4 Å². The molecule has 138 valence electrons. The van der Waals surface area contributed by atoms with Gasteiger partial charge in [-0.15, -0.1) is 10.2 Å². The fraction of sp³-hybridized carbons (Fsp3) is 0.250. The van der Waals surface area contributed by atoms with Crippen LogP contribution in [0.15, 0.2) is 58.2 Å². The van der Waals surface area contributed by atoms with Gasteiger partial charge in [0.1, 0.15) is 5.75 Å². The fourth-order valence-electron chi connectivity index (χ4n) is 3.26. The molecule has 0 aliphatic carbocycles. The Morgan fingerprint density at radius 2 is 2.00 bits per heavy atom. The second-order valence-corrected chi connectivity index (χ2v) is 7.26. The van der Waals surface area contributed by atoms with Gasteiger partial charge in [-0.05, 0) is 49.2 Å². The number of anilines is 1. The molecule has 6 nitrogen and oxygen atoms in total. The maximum atomic E-state index is 12.7. The molecule has 1 aliphatic rings. The van der Waals surface area contributed by atoms with Crippen molar-refractivity contribution in [3.8, 4) is 17.2 Å². The molecule has 1 aliphatic heterocycles. The monoisotopic (exact) mass is 381 g/mol. The van der Waals surface area contributed by atoms with Crippen molar-refractivity contribution in [1.29, 1.82) is 0 Å². The normalized spacial score (nSPS) is 15.6. The van der Waals surface area contributed by atoms with E-state index in [9.17, 15) is 4.79 Å². The lowest BCUT2D eigenvalue weighted by Crippen LogP contribution is -2.36.